The zero-order chi connectivity index (χ0) is 12.5. The van der Waals surface area contributed by atoms with E-state index in [0.29, 0.717) is 6.42 Å². The Morgan fingerprint density at radius 3 is 2.65 bits per heavy atom. The molecule has 1 saturated heterocycles. The summed E-state index contributed by atoms with van der Waals surface area (Å²) in [4.78, 5) is 0. The lowest BCUT2D eigenvalue weighted by Crippen LogP contribution is -2.14. The van der Waals surface area contributed by atoms with Crippen molar-refractivity contribution in [2.75, 3.05) is 11.5 Å². The van der Waals surface area contributed by atoms with Gasteiger partial charge in [-0.2, -0.15) is 5.26 Å². The molecule has 0 saturated carbocycles. The highest BCUT2D eigenvalue weighted by atomic mass is 32.2. The SMILES string of the molecule is Cc1ccccc1C(C#N)C1CCS(=O)(=O)C1. The molecule has 0 radical (unpaired) electrons. The predicted molar refractivity (Wildman–Crippen MR) is 66.3 cm³/mol. The topological polar surface area (TPSA) is 57.9 Å². The fraction of sp³-hybridized carbons (Fsp3) is 0.462. The molecular weight excluding hydrogens is 234 g/mol. The average Bonchev–Trinajstić information content (AvgIpc) is 2.63. The van der Waals surface area contributed by atoms with E-state index in [1.165, 1.54) is 0 Å². The Labute approximate surface area is 102 Å². The van der Waals surface area contributed by atoms with E-state index < -0.39 is 9.84 Å². The van der Waals surface area contributed by atoms with Gasteiger partial charge in [-0.1, -0.05) is 24.3 Å². The highest BCUT2D eigenvalue weighted by Crippen LogP contribution is 2.34. The molecule has 4 heteroatoms. The van der Waals surface area contributed by atoms with Crippen LogP contribution in [0, 0.1) is 24.2 Å². The summed E-state index contributed by atoms with van der Waals surface area (Å²) >= 11 is 0. The molecule has 1 aliphatic rings. The van der Waals surface area contributed by atoms with Crippen LogP contribution in [-0.2, 0) is 9.84 Å². The van der Waals surface area contributed by atoms with Crippen molar-refractivity contribution >= 4 is 9.84 Å². The second-order valence-electron chi connectivity index (χ2n) is 4.63. The van der Waals surface area contributed by atoms with Gasteiger partial charge in [0, 0.05) is 0 Å². The molecule has 2 atom stereocenters. The standard InChI is InChI=1S/C13H15NO2S/c1-10-4-2-3-5-12(10)13(8-14)11-6-7-17(15,16)9-11/h2-5,11,13H,6-7,9H2,1H3. The van der Waals surface area contributed by atoms with Crippen molar-refractivity contribution in [2.45, 2.75) is 19.3 Å². The van der Waals surface area contributed by atoms with Crippen LogP contribution in [0.15, 0.2) is 24.3 Å². The van der Waals surface area contributed by atoms with E-state index in [1.54, 1.807) is 0 Å². The van der Waals surface area contributed by atoms with E-state index in [2.05, 4.69) is 6.07 Å². The number of benzene rings is 1. The number of nitrogens with zero attached hydrogens (tertiary/aromatic N) is 1. The van der Waals surface area contributed by atoms with Gasteiger partial charge in [0.1, 0.15) is 0 Å². The minimum Gasteiger partial charge on any atom is -0.229 e. The van der Waals surface area contributed by atoms with Crippen molar-refractivity contribution in [1.29, 1.82) is 5.26 Å². The molecule has 0 aromatic heterocycles. The number of aryl methyl sites for hydroxylation is 1. The van der Waals surface area contributed by atoms with Crippen LogP contribution < -0.4 is 0 Å². The first-order valence-corrected chi connectivity index (χ1v) is 7.51. The first kappa shape index (κ1) is 12.1. The van der Waals surface area contributed by atoms with Crippen molar-refractivity contribution in [3.8, 4) is 6.07 Å². The summed E-state index contributed by atoms with van der Waals surface area (Å²) in [6, 6.07) is 9.99. The molecule has 2 rings (SSSR count). The summed E-state index contributed by atoms with van der Waals surface area (Å²) < 4.78 is 22.9. The Hall–Kier alpha value is -1.34. The van der Waals surface area contributed by atoms with Crippen molar-refractivity contribution in [3.63, 3.8) is 0 Å². The number of hydrogen-bond donors (Lipinski definition) is 0. The van der Waals surface area contributed by atoms with Crippen LogP contribution >= 0.6 is 0 Å². The first-order valence-electron chi connectivity index (χ1n) is 5.69. The Kier molecular flexibility index (Phi) is 3.21. The molecule has 1 heterocycles. The zero-order valence-corrected chi connectivity index (χ0v) is 10.6. The molecule has 17 heavy (non-hydrogen) atoms. The summed E-state index contributed by atoms with van der Waals surface area (Å²) in [6.07, 6.45) is 0.606. The summed E-state index contributed by atoms with van der Waals surface area (Å²) in [6.45, 7) is 1.96. The Balaban J connectivity index is 2.31. The molecule has 0 spiro atoms. The third kappa shape index (κ3) is 2.50. The van der Waals surface area contributed by atoms with Crippen LogP contribution in [0.1, 0.15) is 23.5 Å². The van der Waals surface area contributed by atoms with E-state index >= 15 is 0 Å². The zero-order valence-electron chi connectivity index (χ0n) is 9.76. The lowest BCUT2D eigenvalue weighted by molar-refractivity contribution is 0.539. The van der Waals surface area contributed by atoms with Gasteiger partial charge >= 0.3 is 0 Å². The molecule has 1 fully saturated rings. The summed E-state index contributed by atoms with van der Waals surface area (Å²) in [5.74, 6) is 0.0287. The highest BCUT2D eigenvalue weighted by molar-refractivity contribution is 7.91. The Bertz CT molecular complexity index is 557. The van der Waals surface area contributed by atoms with Crippen LogP contribution in [0.5, 0.6) is 0 Å². The molecule has 2 unspecified atom stereocenters. The Morgan fingerprint density at radius 1 is 1.41 bits per heavy atom. The maximum Gasteiger partial charge on any atom is 0.150 e. The quantitative estimate of drug-likeness (QED) is 0.806. The monoisotopic (exact) mass is 249 g/mol. The van der Waals surface area contributed by atoms with Crippen molar-refractivity contribution in [2.24, 2.45) is 5.92 Å². The normalized spacial score (nSPS) is 24.1. The summed E-state index contributed by atoms with van der Waals surface area (Å²) in [5, 5.41) is 9.29. The van der Waals surface area contributed by atoms with Crippen molar-refractivity contribution in [1.82, 2.24) is 0 Å². The molecule has 90 valence electrons. The molecule has 1 aliphatic heterocycles. The van der Waals surface area contributed by atoms with E-state index in [-0.39, 0.29) is 23.3 Å². The lowest BCUT2D eigenvalue weighted by atomic mass is 9.85. The summed E-state index contributed by atoms with van der Waals surface area (Å²) in [7, 11) is -2.92. The van der Waals surface area contributed by atoms with Gasteiger partial charge in [-0.25, -0.2) is 8.42 Å². The molecule has 0 N–H and O–H groups in total. The van der Waals surface area contributed by atoms with Crippen LogP contribution in [0.25, 0.3) is 0 Å². The van der Waals surface area contributed by atoms with E-state index in [1.807, 2.05) is 31.2 Å². The molecule has 1 aromatic rings. The second-order valence-corrected chi connectivity index (χ2v) is 6.86. The molecule has 1 aromatic carbocycles. The van der Waals surface area contributed by atoms with E-state index in [4.69, 9.17) is 0 Å². The van der Waals surface area contributed by atoms with Crippen LogP contribution in [-0.4, -0.2) is 19.9 Å². The molecular formula is C13H15NO2S. The van der Waals surface area contributed by atoms with Gasteiger partial charge < -0.3 is 0 Å². The van der Waals surface area contributed by atoms with Gasteiger partial charge in [-0.3, -0.25) is 0 Å². The molecule has 0 aliphatic carbocycles. The maximum atomic E-state index is 11.5. The number of nitriles is 1. The van der Waals surface area contributed by atoms with Gasteiger partial charge in [-0.15, -0.1) is 0 Å². The first-order chi connectivity index (χ1) is 8.03. The Morgan fingerprint density at radius 2 is 2.12 bits per heavy atom. The second kappa shape index (κ2) is 4.50. The highest BCUT2D eigenvalue weighted by Gasteiger charge is 2.34. The fourth-order valence-corrected chi connectivity index (χ4v) is 4.29. The average molecular weight is 249 g/mol. The van der Waals surface area contributed by atoms with Crippen LogP contribution in [0.3, 0.4) is 0 Å². The van der Waals surface area contributed by atoms with Crippen LogP contribution in [0.4, 0.5) is 0 Å². The predicted octanol–water partition coefficient (Wildman–Crippen LogP) is 2.04. The van der Waals surface area contributed by atoms with Gasteiger partial charge in [0.25, 0.3) is 0 Å². The third-order valence-corrected chi connectivity index (χ3v) is 5.20. The number of sulfone groups is 1. The van der Waals surface area contributed by atoms with Gasteiger partial charge in [-0.05, 0) is 30.4 Å². The minimum atomic E-state index is -2.92. The largest absolute Gasteiger partial charge is 0.229 e. The van der Waals surface area contributed by atoms with Crippen LogP contribution in [0.2, 0.25) is 0 Å². The third-order valence-electron chi connectivity index (χ3n) is 3.40. The smallest absolute Gasteiger partial charge is 0.150 e. The summed E-state index contributed by atoms with van der Waals surface area (Å²) in [5.41, 5.74) is 2.03. The molecule has 3 nitrogen and oxygen atoms in total. The molecule has 0 bridgehead atoms. The van der Waals surface area contributed by atoms with Crippen molar-refractivity contribution in [3.05, 3.63) is 35.4 Å². The molecule has 0 amide bonds. The van der Waals surface area contributed by atoms with Crippen molar-refractivity contribution < 1.29 is 8.42 Å². The minimum absolute atomic E-state index is 0.0499. The van der Waals surface area contributed by atoms with Gasteiger partial charge in [0.05, 0.1) is 23.5 Å². The van der Waals surface area contributed by atoms with E-state index in [9.17, 15) is 13.7 Å². The fourth-order valence-electron chi connectivity index (χ4n) is 2.45. The number of rotatable bonds is 2. The number of hydrogen-bond acceptors (Lipinski definition) is 3. The maximum absolute atomic E-state index is 11.5. The van der Waals surface area contributed by atoms with E-state index in [0.717, 1.165) is 11.1 Å². The van der Waals surface area contributed by atoms with Gasteiger partial charge in [0.15, 0.2) is 9.84 Å². The van der Waals surface area contributed by atoms with Gasteiger partial charge in [0.2, 0.25) is 0 Å². The lowest BCUT2D eigenvalue weighted by Gasteiger charge is -2.17.